The summed E-state index contributed by atoms with van der Waals surface area (Å²) in [5.41, 5.74) is 2.05. The van der Waals surface area contributed by atoms with Gasteiger partial charge in [-0.3, -0.25) is 4.79 Å². The van der Waals surface area contributed by atoms with Gasteiger partial charge < -0.3 is 15.0 Å². The molecule has 1 aromatic carbocycles. The van der Waals surface area contributed by atoms with E-state index in [4.69, 9.17) is 4.74 Å². The highest BCUT2D eigenvalue weighted by atomic mass is 16.5. The Labute approximate surface area is 169 Å². The fraction of sp³-hybridized carbons (Fsp3) is 0.429. The number of nitrogens with one attached hydrogen (secondary N) is 1. The molecule has 29 heavy (non-hydrogen) atoms. The number of hydrogen-bond acceptors (Lipinski definition) is 6. The van der Waals surface area contributed by atoms with Crippen LogP contribution in [0.5, 0.6) is 0 Å². The third kappa shape index (κ3) is 4.89. The van der Waals surface area contributed by atoms with Crippen LogP contribution in [-0.2, 0) is 22.5 Å². The number of fused-ring (bicyclic) bond motifs is 1. The summed E-state index contributed by atoms with van der Waals surface area (Å²) < 4.78 is 7.25. The molecule has 1 aliphatic heterocycles. The van der Waals surface area contributed by atoms with Crippen LogP contribution in [-0.4, -0.2) is 58.5 Å². The van der Waals surface area contributed by atoms with Crippen molar-refractivity contribution in [2.24, 2.45) is 0 Å². The van der Waals surface area contributed by atoms with E-state index in [0.29, 0.717) is 32.7 Å². The van der Waals surface area contributed by atoms with Crippen LogP contribution in [0.15, 0.2) is 42.9 Å². The van der Waals surface area contributed by atoms with Crippen LogP contribution >= 0.6 is 0 Å². The lowest BCUT2D eigenvalue weighted by atomic mass is 10.1. The van der Waals surface area contributed by atoms with Gasteiger partial charge in [-0.25, -0.2) is 14.6 Å². The van der Waals surface area contributed by atoms with Gasteiger partial charge >= 0.3 is 0 Å². The summed E-state index contributed by atoms with van der Waals surface area (Å²) >= 11 is 0. The molecule has 0 unspecified atom stereocenters. The van der Waals surface area contributed by atoms with Crippen LogP contribution in [0.3, 0.4) is 0 Å². The monoisotopic (exact) mass is 394 g/mol. The normalized spacial score (nSPS) is 14.3. The first kappa shape index (κ1) is 19.3. The lowest BCUT2D eigenvalue weighted by Crippen LogP contribution is -2.36. The lowest BCUT2D eigenvalue weighted by Gasteiger charge is -2.27. The van der Waals surface area contributed by atoms with Crippen molar-refractivity contribution < 1.29 is 9.53 Å². The Morgan fingerprint density at radius 1 is 1.14 bits per heavy atom. The summed E-state index contributed by atoms with van der Waals surface area (Å²) in [4.78, 5) is 23.1. The Morgan fingerprint density at radius 2 is 1.97 bits per heavy atom. The molecule has 1 saturated heterocycles. The lowest BCUT2D eigenvalue weighted by molar-refractivity contribution is -0.121. The predicted molar refractivity (Wildman–Crippen MR) is 111 cm³/mol. The number of rotatable bonds is 8. The second kappa shape index (κ2) is 9.47. The highest BCUT2D eigenvalue weighted by Crippen LogP contribution is 2.23. The Balaban J connectivity index is 1.28. The highest BCUT2D eigenvalue weighted by molar-refractivity contribution is 5.86. The van der Waals surface area contributed by atoms with E-state index in [0.717, 1.165) is 42.8 Å². The van der Waals surface area contributed by atoms with Gasteiger partial charge in [0.25, 0.3) is 0 Å². The minimum absolute atomic E-state index is 0.0704. The number of benzene rings is 1. The van der Waals surface area contributed by atoms with Gasteiger partial charge in [-0.15, -0.1) is 0 Å². The molecule has 0 spiro atoms. The van der Waals surface area contributed by atoms with E-state index in [9.17, 15) is 4.79 Å². The second-order valence-corrected chi connectivity index (χ2v) is 7.09. The van der Waals surface area contributed by atoms with E-state index in [1.807, 2.05) is 29.1 Å². The van der Waals surface area contributed by atoms with E-state index in [-0.39, 0.29) is 5.91 Å². The van der Waals surface area contributed by atoms with Crippen LogP contribution in [0.4, 0.5) is 5.82 Å². The van der Waals surface area contributed by atoms with Gasteiger partial charge in [0.15, 0.2) is 5.65 Å². The molecule has 2 aromatic heterocycles. The van der Waals surface area contributed by atoms with Crippen LogP contribution in [0, 0.1) is 0 Å². The standard InChI is InChI=1S/C21H26N6O2/c28-19(8-4-7-17-5-2-1-3-6-17)22-9-10-27-21-18(15-25-27)20(23-16-24-21)26-11-13-29-14-12-26/h1-3,5-6,15-16H,4,7-14H2,(H,22,28). The molecule has 152 valence electrons. The van der Waals surface area contributed by atoms with Crippen molar-refractivity contribution in [3.8, 4) is 0 Å². The zero-order valence-electron chi connectivity index (χ0n) is 16.5. The van der Waals surface area contributed by atoms with Crippen LogP contribution in [0.2, 0.25) is 0 Å². The number of ether oxygens (including phenoxy) is 1. The Hall–Kier alpha value is -3.00. The molecule has 0 aliphatic carbocycles. The van der Waals surface area contributed by atoms with Crippen molar-refractivity contribution in [1.82, 2.24) is 25.1 Å². The van der Waals surface area contributed by atoms with E-state index < -0.39 is 0 Å². The number of aryl methyl sites for hydroxylation is 1. The van der Waals surface area contributed by atoms with Gasteiger partial charge in [-0.1, -0.05) is 30.3 Å². The maximum Gasteiger partial charge on any atom is 0.220 e. The summed E-state index contributed by atoms with van der Waals surface area (Å²) in [6.07, 6.45) is 5.67. The van der Waals surface area contributed by atoms with Crippen molar-refractivity contribution >= 4 is 22.8 Å². The Morgan fingerprint density at radius 3 is 2.79 bits per heavy atom. The fourth-order valence-corrected chi connectivity index (χ4v) is 3.56. The third-order valence-corrected chi connectivity index (χ3v) is 5.08. The molecular formula is C21H26N6O2. The van der Waals surface area contributed by atoms with E-state index >= 15 is 0 Å². The van der Waals surface area contributed by atoms with Crippen LogP contribution in [0.1, 0.15) is 18.4 Å². The minimum Gasteiger partial charge on any atom is -0.378 e. The van der Waals surface area contributed by atoms with Gasteiger partial charge in [0, 0.05) is 26.1 Å². The topological polar surface area (TPSA) is 85.2 Å². The molecule has 3 heterocycles. The Kier molecular flexibility index (Phi) is 6.31. The van der Waals surface area contributed by atoms with Crippen LogP contribution in [0.25, 0.3) is 11.0 Å². The summed E-state index contributed by atoms with van der Waals surface area (Å²) in [6, 6.07) is 10.2. The predicted octanol–water partition coefficient (Wildman–Crippen LogP) is 1.80. The summed E-state index contributed by atoms with van der Waals surface area (Å²) in [6.45, 7) is 4.14. The molecule has 1 fully saturated rings. The van der Waals surface area contributed by atoms with E-state index in [1.54, 1.807) is 6.33 Å². The van der Waals surface area contributed by atoms with Crippen molar-refractivity contribution in [2.75, 3.05) is 37.7 Å². The van der Waals surface area contributed by atoms with Crippen molar-refractivity contribution in [1.29, 1.82) is 0 Å². The molecule has 1 N–H and O–H groups in total. The number of aromatic nitrogens is 4. The first-order valence-electron chi connectivity index (χ1n) is 10.1. The smallest absolute Gasteiger partial charge is 0.220 e. The fourth-order valence-electron chi connectivity index (χ4n) is 3.56. The molecule has 0 saturated carbocycles. The zero-order chi connectivity index (χ0) is 19.9. The summed E-state index contributed by atoms with van der Waals surface area (Å²) in [5.74, 6) is 0.968. The van der Waals surface area contributed by atoms with Crippen LogP contribution < -0.4 is 10.2 Å². The maximum absolute atomic E-state index is 12.1. The average molecular weight is 394 g/mol. The highest BCUT2D eigenvalue weighted by Gasteiger charge is 2.17. The number of nitrogens with zero attached hydrogens (tertiary/aromatic N) is 5. The van der Waals surface area contributed by atoms with Gasteiger partial charge in [0.2, 0.25) is 5.91 Å². The minimum atomic E-state index is 0.0704. The van der Waals surface area contributed by atoms with Crippen molar-refractivity contribution in [3.63, 3.8) is 0 Å². The molecule has 8 nitrogen and oxygen atoms in total. The molecule has 0 bridgehead atoms. The molecule has 8 heteroatoms. The van der Waals surface area contributed by atoms with Crippen molar-refractivity contribution in [2.45, 2.75) is 25.8 Å². The number of anilines is 1. The number of carbonyl (C=O) groups is 1. The third-order valence-electron chi connectivity index (χ3n) is 5.08. The first-order chi connectivity index (χ1) is 14.3. The number of morpholine rings is 1. The Bertz CT molecular complexity index is 937. The number of hydrogen-bond donors (Lipinski definition) is 1. The molecule has 3 aromatic rings. The largest absolute Gasteiger partial charge is 0.378 e. The van der Waals surface area contributed by atoms with E-state index in [2.05, 4.69) is 37.4 Å². The molecule has 4 rings (SSSR count). The maximum atomic E-state index is 12.1. The molecule has 1 amide bonds. The quantitative estimate of drug-likeness (QED) is 0.627. The molecule has 1 aliphatic rings. The first-order valence-corrected chi connectivity index (χ1v) is 10.1. The van der Waals surface area contributed by atoms with Gasteiger partial charge in [-0.05, 0) is 18.4 Å². The van der Waals surface area contributed by atoms with Crippen molar-refractivity contribution in [3.05, 3.63) is 48.4 Å². The second-order valence-electron chi connectivity index (χ2n) is 7.09. The average Bonchev–Trinajstić information content (AvgIpc) is 3.18. The molecule has 0 atom stereocenters. The summed E-state index contributed by atoms with van der Waals surface area (Å²) in [7, 11) is 0. The van der Waals surface area contributed by atoms with E-state index in [1.165, 1.54) is 5.56 Å². The summed E-state index contributed by atoms with van der Waals surface area (Å²) in [5, 5.41) is 8.37. The zero-order valence-corrected chi connectivity index (χ0v) is 16.5. The number of amides is 1. The number of carbonyl (C=O) groups excluding carboxylic acids is 1. The van der Waals surface area contributed by atoms with Gasteiger partial charge in [-0.2, -0.15) is 5.10 Å². The molecular weight excluding hydrogens is 368 g/mol. The van der Waals surface area contributed by atoms with Gasteiger partial charge in [0.05, 0.1) is 31.3 Å². The SMILES string of the molecule is O=C(CCCc1ccccc1)NCCn1ncc2c(N3CCOCC3)ncnc21. The molecule has 0 radical (unpaired) electrons. The van der Waals surface area contributed by atoms with Gasteiger partial charge in [0.1, 0.15) is 12.1 Å².